The number of carbonyl (C=O) groups excluding carboxylic acids is 3. The summed E-state index contributed by atoms with van der Waals surface area (Å²) in [5, 5.41) is 0. The van der Waals surface area contributed by atoms with E-state index in [1.165, 1.54) is 31.4 Å². The first kappa shape index (κ1) is 23.0. The number of benzene rings is 3. The topological polar surface area (TPSA) is 119 Å². The summed E-state index contributed by atoms with van der Waals surface area (Å²) in [6.07, 6.45) is 0. The smallest absolute Gasteiger partial charge is 0.339 e. The van der Waals surface area contributed by atoms with E-state index < -0.39 is 34.5 Å². The van der Waals surface area contributed by atoms with Crippen LogP contribution in [-0.2, 0) is 14.8 Å². The summed E-state index contributed by atoms with van der Waals surface area (Å²) >= 11 is 0. The molecule has 9 nitrogen and oxygen atoms in total. The molecule has 34 heavy (non-hydrogen) atoms. The quantitative estimate of drug-likeness (QED) is 0.407. The van der Waals surface area contributed by atoms with Gasteiger partial charge in [-0.25, -0.2) is 18.1 Å². The Kier molecular flexibility index (Phi) is 6.08. The molecule has 4 rings (SSSR count). The Labute approximate surface area is 196 Å². The largest absolute Gasteiger partial charge is 0.495 e. The van der Waals surface area contributed by atoms with Crippen molar-refractivity contribution in [3.05, 3.63) is 89.0 Å². The minimum atomic E-state index is -4.11. The van der Waals surface area contributed by atoms with Crippen LogP contribution in [0.1, 0.15) is 36.6 Å². The van der Waals surface area contributed by atoms with Gasteiger partial charge in [0.2, 0.25) is 0 Å². The molecule has 0 radical (unpaired) electrons. The van der Waals surface area contributed by atoms with Crippen molar-refractivity contribution in [2.24, 2.45) is 0 Å². The van der Waals surface area contributed by atoms with Gasteiger partial charge in [0.25, 0.3) is 21.8 Å². The van der Waals surface area contributed by atoms with Gasteiger partial charge in [0.15, 0.2) is 6.73 Å². The number of sulfonamides is 1. The first-order chi connectivity index (χ1) is 16.2. The van der Waals surface area contributed by atoms with Gasteiger partial charge in [0.05, 0.1) is 23.8 Å². The third-order valence-electron chi connectivity index (χ3n) is 5.20. The molecule has 0 saturated carbocycles. The van der Waals surface area contributed by atoms with Crippen LogP contribution in [-0.4, -0.2) is 44.9 Å². The zero-order chi connectivity index (χ0) is 24.5. The van der Waals surface area contributed by atoms with Crippen molar-refractivity contribution >= 4 is 33.5 Å². The minimum Gasteiger partial charge on any atom is -0.495 e. The second-order valence-corrected chi connectivity index (χ2v) is 9.13. The molecule has 1 aliphatic heterocycles. The number of fused-ring (bicyclic) bond motifs is 1. The molecule has 0 fully saturated rings. The fraction of sp³-hybridized carbons (Fsp3) is 0.125. The van der Waals surface area contributed by atoms with Crippen molar-refractivity contribution in [1.29, 1.82) is 0 Å². The predicted octanol–water partition coefficient (Wildman–Crippen LogP) is 3.21. The Morgan fingerprint density at radius 3 is 2.15 bits per heavy atom. The molecule has 0 aromatic heterocycles. The lowest BCUT2D eigenvalue weighted by atomic mass is 10.1. The van der Waals surface area contributed by atoms with Gasteiger partial charge < -0.3 is 9.47 Å². The summed E-state index contributed by atoms with van der Waals surface area (Å²) in [6, 6.07) is 16.8. The van der Waals surface area contributed by atoms with E-state index in [0.29, 0.717) is 5.69 Å². The highest BCUT2D eigenvalue weighted by molar-refractivity contribution is 7.92. The van der Waals surface area contributed by atoms with E-state index in [-0.39, 0.29) is 27.3 Å². The van der Waals surface area contributed by atoms with Crippen LogP contribution in [0.4, 0.5) is 5.69 Å². The van der Waals surface area contributed by atoms with Crippen molar-refractivity contribution in [3.8, 4) is 5.75 Å². The number of nitrogens with one attached hydrogen (secondary N) is 1. The number of carbonyl (C=O) groups is 3. The third kappa shape index (κ3) is 4.35. The van der Waals surface area contributed by atoms with E-state index in [9.17, 15) is 22.8 Å². The molecule has 0 unspecified atom stereocenters. The molecule has 0 bridgehead atoms. The molecule has 174 valence electrons. The van der Waals surface area contributed by atoms with Crippen molar-refractivity contribution < 1.29 is 32.3 Å². The number of anilines is 1. The number of hydrogen-bond donors (Lipinski definition) is 1. The summed E-state index contributed by atoms with van der Waals surface area (Å²) in [5.74, 6) is -2.04. The second-order valence-electron chi connectivity index (χ2n) is 7.48. The van der Waals surface area contributed by atoms with Gasteiger partial charge >= 0.3 is 5.97 Å². The van der Waals surface area contributed by atoms with Crippen LogP contribution >= 0.6 is 0 Å². The van der Waals surface area contributed by atoms with Crippen LogP contribution in [0.25, 0.3) is 0 Å². The average molecular weight is 480 g/mol. The van der Waals surface area contributed by atoms with Gasteiger partial charge in [-0.1, -0.05) is 29.8 Å². The van der Waals surface area contributed by atoms with E-state index in [2.05, 4.69) is 4.72 Å². The van der Waals surface area contributed by atoms with E-state index in [0.717, 1.165) is 16.5 Å². The van der Waals surface area contributed by atoms with Gasteiger partial charge in [0.1, 0.15) is 10.6 Å². The standard InChI is InChI=1S/C24H20N2O7S/c1-15-7-10-17(11-8-15)25-34(30,31)21-13-16(9-12-20(21)32-2)24(29)33-14-26-22(27)18-5-3-4-6-19(18)23(26)28/h3-13,25H,14H2,1-2H3. The van der Waals surface area contributed by atoms with Gasteiger partial charge in [-0.3, -0.25) is 14.3 Å². The molecule has 1 aliphatic rings. The molecule has 0 saturated heterocycles. The maximum Gasteiger partial charge on any atom is 0.339 e. The number of methoxy groups -OCH3 is 1. The zero-order valence-corrected chi connectivity index (χ0v) is 19.1. The normalized spacial score (nSPS) is 12.9. The molecule has 1 N–H and O–H groups in total. The van der Waals surface area contributed by atoms with Crippen LogP contribution in [0.15, 0.2) is 71.6 Å². The SMILES string of the molecule is COc1ccc(C(=O)OCN2C(=O)c3ccccc3C2=O)cc1S(=O)(=O)Nc1ccc(C)cc1. The summed E-state index contributed by atoms with van der Waals surface area (Å²) in [7, 11) is -2.80. The first-order valence-electron chi connectivity index (χ1n) is 10.1. The molecule has 2 amide bonds. The number of amides is 2. The molecular weight excluding hydrogens is 460 g/mol. The summed E-state index contributed by atoms with van der Waals surface area (Å²) in [4.78, 5) is 38.0. The van der Waals surface area contributed by atoms with Crippen LogP contribution in [0, 0.1) is 6.92 Å². The monoisotopic (exact) mass is 480 g/mol. The summed E-state index contributed by atoms with van der Waals surface area (Å²) in [6.45, 7) is 1.26. The third-order valence-corrected chi connectivity index (χ3v) is 6.60. The lowest BCUT2D eigenvalue weighted by Gasteiger charge is -2.15. The number of rotatable bonds is 7. The molecule has 0 atom stereocenters. The number of ether oxygens (including phenoxy) is 2. The number of nitrogens with zero attached hydrogens (tertiary/aromatic N) is 1. The van der Waals surface area contributed by atoms with Crippen LogP contribution in [0.2, 0.25) is 0 Å². The van der Waals surface area contributed by atoms with Gasteiger partial charge in [-0.2, -0.15) is 0 Å². The minimum absolute atomic E-state index is 0.0245. The van der Waals surface area contributed by atoms with Crippen LogP contribution in [0.5, 0.6) is 5.75 Å². The number of aryl methyl sites for hydroxylation is 1. The zero-order valence-electron chi connectivity index (χ0n) is 18.3. The van der Waals surface area contributed by atoms with Crippen molar-refractivity contribution in [2.75, 3.05) is 18.6 Å². The Morgan fingerprint density at radius 1 is 0.941 bits per heavy atom. The van der Waals surface area contributed by atoms with Gasteiger partial charge in [0, 0.05) is 5.69 Å². The second kappa shape index (κ2) is 8.99. The Bertz CT molecular complexity index is 1360. The van der Waals surface area contributed by atoms with E-state index in [1.54, 1.807) is 36.4 Å². The number of hydrogen-bond acceptors (Lipinski definition) is 7. The highest BCUT2D eigenvalue weighted by atomic mass is 32.2. The Hall–Kier alpha value is -4.18. The Balaban J connectivity index is 1.53. The molecule has 1 heterocycles. The highest BCUT2D eigenvalue weighted by Crippen LogP contribution is 2.28. The molecule has 0 spiro atoms. The van der Waals surface area contributed by atoms with Crippen LogP contribution in [0.3, 0.4) is 0 Å². The molecule has 0 aliphatic carbocycles. The molecular formula is C24H20N2O7S. The van der Waals surface area contributed by atoms with Crippen molar-refractivity contribution in [3.63, 3.8) is 0 Å². The van der Waals surface area contributed by atoms with Crippen molar-refractivity contribution in [2.45, 2.75) is 11.8 Å². The Morgan fingerprint density at radius 2 is 1.56 bits per heavy atom. The van der Waals surface area contributed by atoms with E-state index in [4.69, 9.17) is 9.47 Å². The maximum absolute atomic E-state index is 13.0. The molecule has 3 aromatic carbocycles. The van der Waals surface area contributed by atoms with Gasteiger partial charge in [-0.15, -0.1) is 0 Å². The fourth-order valence-corrected chi connectivity index (χ4v) is 4.66. The summed E-state index contributed by atoms with van der Waals surface area (Å²) in [5.41, 5.74) is 1.66. The van der Waals surface area contributed by atoms with Crippen LogP contribution < -0.4 is 9.46 Å². The van der Waals surface area contributed by atoms with E-state index >= 15 is 0 Å². The number of imide groups is 1. The fourth-order valence-electron chi connectivity index (χ4n) is 3.41. The molecule has 3 aromatic rings. The first-order valence-corrected chi connectivity index (χ1v) is 11.6. The van der Waals surface area contributed by atoms with Crippen molar-refractivity contribution in [1.82, 2.24) is 4.90 Å². The maximum atomic E-state index is 13.0. The highest BCUT2D eigenvalue weighted by Gasteiger charge is 2.36. The average Bonchev–Trinajstić information content (AvgIpc) is 3.08. The van der Waals surface area contributed by atoms with E-state index in [1.807, 2.05) is 6.92 Å². The van der Waals surface area contributed by atoms with Gasteiger partial charge in [-0.05, 0) is 49.4 Å². The number of esters is 1. The summed E-state index contributed by atoms with van der Waals surface area (Å²) < 4.78 is 38.7. The molecule has 10 heteroatoms. The lowest BCUT2D eigenvalue weighted by molar-refractivity contribution is 0.0228. The lowest BCUT2D eigenvalue weighted by Crippen LogP contribution is -2.33. The predicted molar refractivity (Wildman–Crippen MR) is 122 cm³/mol.